The van der Waals surface area contributed by atoms with Crippen molar-refractivity contribution in [3.63, 3.8) is 0 Å². The maximum Gasteiger partial charge on any atom is 0.0700 e. The van der Waals surface area contributed by atoms with E-state index in [4.69, 9.17) is 9.47 Å². The van der Waals surface area contributed by atoms with Gasteiger partial charge in [0, 0.05) is 7.11 Å². The van der Waals surface area contributed by atoms with Crippen LogP contribution in [0.25, 0.3) is 0 Å². The number of benzene rings is 1. The lowest BCUT2D eigenvalue weighted by Gasteiger charge is -2.03. The van der Waals surface area contributed by atoms with E-state index in [0.29, 0.717) is 13.2 Å². The zero-order valence-corrected chi connectivity index (χ0v) is 8.03. The molecule has 72 valence electrons. The highest BCUT2D eigenvalue weighted by molar-refractivity contribution is 5.14. The second-order valence-electron chi connectivity index (χ2n) is 2.84. The molecule has 0 saturated carbocycles. The Morgan fingerprint density at radius 3 is 2.46 bits per heavy atom. The second kappa shape index (κ2) is 6.63. The molecule has 0 amide bonds. The van der Waals surface area contributed by atoms with Gasteiger partial charge in [-0.25, -0.2) is 0 Å². The normalized spacial score (nSPS) is 10.2. The number of hydrogen-bond donors (Lipinski definition) is 0. The van der Waals surface area contributed by atoms with Crippen molar-refractivity contribution in [3.05, 3.63) is 35.9 Å². The van der Waals surface area contributed by atoms with Crippen LogP contribution in [0.3, 0.4) is 0 Å². The van der Waals surface area contributed by atoms with Crippen LogP contribution in [0.4, 0.5) is 0 Å². The molecule has 0 aromatic heterocycles. The Morgan fingerprint density at radius 1 is 1.00 bits per heavy atom. The quantitative estimate of drug-likeness (QED) is 0.622. The summed E-state index contributed by atoms with van der Waals surface area (Å²) in [7, 11) is 1.68. The van der Waals surface area contributed by atoms with E-state index in [1.807, 2.05) is 18.2 Å². The van der Waals surface area contributed by atoms with E-state index >= 15 is 0 Å². The molecule has 1 rings (SSSR count). The minimum absolute atomic E-state index is 0.675. The lowest BCUT2D eigenvalue weighted by atomic mass is 10.2. The maximum absolute atomic E-state index is 5.35. The lowest BCUT2D eigenvalue weighted by molar-refractivity contribution is 0.0722. The maximum atomic E-state index is 5.35. The molecule has 0 spiro atoms. The van der Waals surface area contributed by atoms with Crippen molar-refractivity contribution in [1.82, 2.24) is 0 Å². The first-order valence-electron chi connectivity index (χ1n) is 4.54. The molecule has 0 aliphatic heterocycles. The summed E-state index contributed by atoms with van der Waals surface area (Å²) in [4.78, 5) is 0. The Hall–Kier alpha value is -0.860. The topological polar surface area (TPSA) is 18.5 Å². The zero-order chi connectivity index (χ0) is 9.36. The molecule has 0 aliphatic rings. The third-order valence-electron chi connectivity index (χ3n) is 1.81. The van der Waals surface area contributed by atoms with Crippen LogP contribution < -0.4 is 0 Å². The molecule has 0 N–H and O–H groups in total. The average molecular weight is 180 g/mol. The Labute approximate surface area is 79.5 Å². The second-order valence-corrected chi connectivity index (χ2v) is 2.84. The van der Waals surface area contributed by atoms with Gasteiger partial charge in [-0.2, -0.15) is 0 Å². The van der Waals surface area contributed by atoms with Gasteiger partial charge in [0.25, 0.3) is 0 Å². The summed E-state index contributed by atoms with van der Waals surface area (Å²) in [5.41, 5.74) is 1.32. The standard InChI is InChI=1S/C11H16O2/c1-12-9-10-13-8-7-11-5-3-2-4-6-11/h2-6H,7-10H2,1H3. The van der Waals surface area contributed by atoms with Crippen LogP contribution in [0.15, 0.2) is 30.3 Å². The first-order valence-corrected chi connectivity index (χ1v) is 4.54. The number of ether oxygens (including phenoxy) is 2. The molecule has 0 fully saturated rings. The first-order chi connectivity index (χ1) is 6.43. The van der Waals surface area contributed by atoms with E-state index in [9.17, 15) is 0 Å². The van der Waals surface area contributed by atoms with Crippen molar-refractivity contribution in [1.29, 1.82) is 0 Å². The van der Waals surface area contributed by atoms with Crippen molar-refractivity contribution in [2.45, 2.75) is 6.42 Å². The van der Waals surface area contributed by atoms with Crippen LogP contribution in [0.2, 0.25) is 0 Å². The minimum Gasteiger partial charge on any atom is -0.382 e. The molecule has 1 aromatic carbocycles. The van der Waals surface area contributed by atoms with E-state index < -0.39 is 0 Å². The Balaban J connectivity index is 2.07. The van der Waals surface area contributed by atoms with Crippen LogP contribution in [0.1, 0.15) is 5.56 Å². The van der Waals surface area contributed by atoms with Crippen molar-refractivity contribution >= 4 is 0 Å². The average Bonchev–Trinajstić information content (AvgIpc) is 2.19. The van der Waals surface area contributed by atoms with Crippen molar-refractivity contribution in [2.24, 2.45) is 0 Å². The summed E-state index contributed by atoms with van der Waals surface area (Å²) < 4.78 is 10.2. The fraction of sp³-hybridized carbons (Fsp3) is 0.455. The van der Waals surface area contributed by atoms with Crippen LogP contribution >= 0.6 is 0 Å². The molecule has 2 nitrogen and oxygen atoms in total. The fourth-order valence-electron chi connectivity index (χ4n) is 1.08. The van der Waals surface area contributed by atoms with Crippen molar-refractivity contribution in [2.75, 3.05) is 26.9 Å². The van der Waals surface area contributed by atoms with E-state index in [1.54, 1.807) is 7.11 Å². The highest BCUT2D eigenvalue weighted by atomic mass is 16.5. The Bertz CT molecular complexity index is 209. The van der Waals surface area contributed by atoms with E-state index in [2.05, 4.69) is 12.1 Å². The molecule has 2 heteroatoms. The Kier molecular flexibility index (Phi) is 5.22. The number of rotatable bonds is 6. The van der Waals surface area contributed by atoms with Gasteiger partial charge in [0.05, 0.1) is 19.8 Å². The fourth-order valence-corrected chi connectivity index (χ4v) is 1.08. The molecule has 0 aliphatic carbocycles. The highest BCUT2D eigenvalue weighted by Gasteiger charge is 1.91. The predicted octanol–water partition coefficient (Wildman–Crippen LogP) is 1.89. The molecule has 0 heterocycles. The third-order valence-corrected chi connectivity index (χ3v) is 1.81. The van der Waals surface area contributed by atoms with Crippen LogP contribution in [0, 0.1) is 0 Å². The first kappa shape index (κ1) is 10.2. The van der Waals surface area contributed by atoms with E-state index in [0.717, 1.165) is 13.0 Å². The van der Waals surface area contributed by atoms with Gasteiger partial charge >= 0.3 is 0 Å². The molecule has 1 aromatic rings. The summed E-state index contributed by atoms with van der Waals surface area (Å²) in [5, 5.41) is 0. The van der Waals surface area contributed by atoms with Gasteiger partial charge in [0.15, 0.2) is 0 Å². The SMILES string of the molecule is COCCOCCc1ccccc1. The zero-order valence-electron chi connectivity index (χ0n) is 8.03. The van der Waals surface area contributed by atoms with Gasteiger partial charge in [0.2, 0.25) is 0 Å². The van der Waals surface area contributed by atoms with Crippen LogP contribution in [-0.2, 0) is 15.9 Å². The summed E-state index contributed by atoms with van der Waals surface area (Å²) in [5.74, 6) is 0. The van der Waals surface area contributed by atoms with Crippen LogP contribution in [0.5, 0.6) is 0 Å². The smallest absolute Gasteiger partial charge is 0.0700 e. The predicted molar refractivity (Wildman–Crippen MR) is 52.8 cm³/mol. The Morgan fingerprint density at radius 2 is 1.77 bits per heavy atom. The molecule has 0 bridgehead atoms. The van der Waals surface area contributed by atoms with Crippen LogP contribution in [-0.4, -0.2) is 26.9 Å². The minimum atomic E-state index is 0.675. The number of hydrogen-bond acceptors (Lipinski definition) is 2. The van der Waals surface area contributed by atoms with Gasteiger partial charge in [-0.05, 0) is 12.0 Å². The molecule has 13 heavy (non-hydrogen) atoms. The van der Waals surface area contributed by atoms with Gasteiger partial charge in [-0.3, -0.25) is 0 Å². The molecule has 0 radical (unpaired) electrons. The van der Waals surface area contributed by atoms with Gasteiger partial charge in [-0.15, -0.1) is 0 Å². The molecular formula is C11H16O2. The molecule has 0 saturated heterocycles. The summed E-state index contributed by atoms with van der Waals surface area (Å²) in [6, 6.07) is 10.3. The summed E-state index contributed by atoms with van der Waals surface area (Å²) in [6.45, 7) is 2.13. The highest BCUT2D eigenvalue weighted by Crippen LogP contribution is 1.99. The molecular weight excluding hydrogens is 164 g/mol. The summed E-state index contributed by atoms with van der Waals surface area (Å²) >= 11 is 0. The van der Waals surface area contributed by atoms with Gasteiger partial charge in [-0.1, -0.05) is 30.3 Å². The van der Waals surface area contributed by atoms with Crippen molar-refractivity contribution in [3.8, 4) is 0 Å². The lowest BCUT2D eigenvalue weighted by Crippen LogP contribution is -2.04. The monoisotopic (exact) mass is 180 g/mol. The summed E-state index contributed by atoms with van der Waals surface area (Å²) in [6.07, 6.45) is 0.977. The van der Waals surface area contributed by atoms with Gasteiger partial charge < -0.3 is 9.47 Å². The van der Waals surface area contributed by atoms with Crippen molar-refractivity contribution < 1.29 is 9.47 Å². The third kappa shape index (κ3) is 4.65. The molecule has 0 unspecified atom stereocenters. The molecule has 0 atom stereocenters. The number of methoxy groups -OCH3 is 1. The van der Waals surface area contributed by atoms with E-state index in [-0.39, 0.29) is 0 Å². The van der Waals surface area contributed by atoms with Gasteiger partial charge in [0.1, 0.15) is 0 Å². The largest absolute Gasteiger partial charge is 0.382 e. The van der Waals surface area contributed by atoms with E-state index in [1.165, 1.54) is 5.56 Å².